The summed E-state index contributed by atoms with van der Waals surface area (Å²) in [6, 6.07) is 9.83. The van der Waals surface area contributed by atoms with Crippen molar-refractivity contribution >= 4 is 11.7 Å². The van der Waals surface area contributed by atoms with E-state index in [1.165, 1.54) is 22.9 Å². The number of hydrogen-bond donors (Lipinski definition) is 1. The van der Waals surface area contributed by atoms with E-state index in [1.54, 1.807) is 6.07 Å². The smallest absolute Gasteiger partial charge is 0.371 e. The Morgan fingerprint density at radius 1 is 1.35 bits per heavy atom. The zero-order valence-electron chi connectivity index (χ0n) is 14.1. The van der Waals surface area contributed by atoms with Crippen molar-refractivity contribution in [2.75, 3.05) is 4.90 Å². The van der Waals surface area contributed by atoms with Gasteiger partial charge in [0, 0.05) is 11.2 Å². The van der Waals surface area contributed by atoms with Gasteiger partial charge in [-0.1, -0.05) is 24.6 Å². The van der Waals surface area contributed by atoms with Gasteiger partial charge in [0.1, 0.15) is 5.76 Å². The van der Waals surface area contributed by atoms with Crippen molar-refractivity contribution in [3.63, 3.8) is 0 Å². The Kier molecular flexibility index (Phi) is 3.71. The summed E-state index contributed by atoms with van der Waals surface area (Å²) in [4.78, 5) is 13.3. The fourth-order valence-electron chi connectivity index (χ4n) is 3.64. The quantitative estimate of drug-likeness (QED) is 0.901. The Labute approximate surface area is 136 Å². The molecule has 122 valence electrons. The van der Waals surface area contributed by atoms with Crippen LogP contribution in [-0.4, -0.2) is 16.6 Å². The van der Waals surface area contributed by atoms with Gasteiger partial charge in [-0.2, -0.15) is 0 Å². The average molecular weight is 313 g/mol. The van der Waals surface area contributed by atoms with Crippen molar-refractivity contribution < 1.29 is 14.3 Å². The standard InChI is InChI=1S/C19H23NO3/c1-12-5-7-16-15(9-12)13(2)10-19(3,4)20(16)11-14-6-8-17(23-14)18(21)22/h5-9,13H,10-11H2,1-4H3,(H,21,22)/t13-/m1/s1. The van der Waals surface area contributed by atoms with Crippen molar-refractivity contribution in [3.8, 4) is 0 Å². The molecule has 1 aliphatic rings. The van der Waals surface area contributed by atoms with Crippen LogP contribution in [0, 0.1) is 6.92 Å². The molecule has 1 atom stereocenters. The number of carbonyl (C=O) groups is 1. The fraction of sp³-hybridized carbons (Fsp3) is 0.421. The lowest BCUT2D eigenvalue weighted by Crippen LogP contribution is -2.47. The maximum Gasteiger partial charge on any atom is 0.371 e. The van der Waals surface area contributed by atoms with Crippen LogP contribution >= 0.6 is 0 Å². The first-order chi connectivity index (χ1) is 10.8. The molecule has 1 aromatic heterocycles. The number of fused-ring (bicyclic) bond motifs is 1. The normalized spacial score (nSPS) is 19.5. The van der Waals surface area contributed by atoms with E-state index in [0.717, 1.165) is 6.42 Å². The Bertz CT molecular complexity index is 745. The second-order valence-electron chi connectivity index (χ2n) is 7.14. The molecule has 0 aliphatic carbocycles. The number of hydrogen-bond acceptors (Lipinski definition) is 3. The SMILES string of the molecule is Cc1ccc2c(c1)[C@H](C)CC(C)(C)N2Cc1ccc(C(=O)O)o1. The summed E-state index contributed by atoms with van der Waals surface area (Å²) < 4.78 is 5.47. The molecule has 3 rings (SSSR count). The van der Waals surface area contributed by atoms with E-state index in [-0.39, 0.29) is 11.3 Å². The highest BCUT2D eigenvalue weighted by Crippen LogP contribution is 2.44. The molecule has 0 fully saturated rings. The number of anilines is 1. The maximum atomic E-state index is 11.0. The first-order valence-electron chi connectivity index (χ1n) is 7.98. The molecule has 23 heavy (non-hydrogen) atoms. The molecule has 1 aromatic carbocycles. The lowest BCUT2D eigenvalue weighted by Gasteiger charge is -2.47. The van der Waals surface area contributed by atoms with Gasteiger partial charge < -0.3 is 14.4 Å². The summed E-state index contributed by atoms with van der Waals surface area (Å²) in [6.07, 6.45) is 1.05. The van der Waals surface area contributed by atoms with Crippen LogP contribution in [0.5, 0.6) is 0 Å². The molecule has 0 saturated heterocycles. The second-order valence-corrected chi connectivity index (χ2v) is 7.14. The number of rotatable bonds is 3. The summed E-state index contributed by atoms with van der Waals surface area (Å²) in [5.74, 6) is 0.144. The van der Waals surface area contributed by atoms with E-state index in [0.29, 0.717) is 18.2 Å². The van der Waals surface area contributed by atoms with Crippen molar-refractivity contribution in [2.24, 2.45) is 0 Å². The number of carboxylic acid groups (broad SMARTS) is 1. The number of aryl methyl sites for hydroxylation is 1. The van der Waals surface area contributed by atoms with Gasteiger partial charge in [-0.15, -0.1) is 0 Å². The first-order valence-corrected chi connectivity index (χ1v) is 7.98. The zero-order valence-corrected chi connectivity index (χ0v) is 14.1. The molecule has 4 nitrogen and oxygen atoms in total. The lowest BCUT2D eigenvalue weighted by atomic mass is 9.79. The van der Waals surface area contributed by atoms with Crippen molar-refractivity contribution in [2.45, 2.75) is 52.1 Å². The van der Waals surface area contributed by atoms with Crippen LogP contribution in [0.2, 0.25) is 0 Å². The van der Waals surface area contributed by atoms with Crippen LogP contribution in [0.15, 0.2) is 34.7 Å². The molecule has 0 bridgehead atoms. The van der Waals surface area contributed by atoms with Crippen molar-refractivity contribution in [1.29, 1.82) is 0 Å². The Morgan fingerprint density at radius 2 is 2.09 bits per heavy atom. The minimum absolute atomic E-state index is 0.00712. The highest BCUT2D eigenvalue weighted by molar-refractivity contribution is 5.84. The summed E-state index contributed by atoms with van der Waals surface area (Å²) in [5, 5.41) is 9.02. The molecular formula is C19H23NO3. The minimum atomic E-state index is -1.03. The molecule has 2 heterocycles. The van der Waals surface area contributed by atoms with E-state index < -0.39 is 5.97 Å². The topological polar surface area (TPSA) is 53.7 Å². The molecule has 4 heteroatoms. The minimum Gasteiger partial charge on any atom is -0.475 e. The van der Waals surface area contributed by atoms with Gasteiger partial charge in [0.05, 0.1) is 6.54 Å². The van der Waals surface area contributed by atoms with Gasteiger partial charge in [-0.3, -0.25) is 0 Å². The number of benzene rings is 1. The molecular weight excluding hydrogens is 290 g/mol. The lowest BCUT2D eigenvalue weighted by molar-refractivity contribution is 0.0660. The number of aromatic carboxylic acids is 1. The molecule has 0 amide bonds. The molecule has 0 radical (unpaired) electrons. The third-order valence-electron chi connectivity index (χ3n) is 4.73. The van der Waals surface area contributed by atoms with Gasteiger partial charge in [0.2, 0.25) is 5.76 Å². The molecule has 1 N–H and O–H groups in total. The van der Waals surface area contributed by atoms with Gasteiger partial charge in [0.25, 0.3) is 0 Å². The monoisotopic (exact) mass is 313 g/mol. The van der Waals surface area contributed by atoms with Gasteiger partial charge in [0.15, 0.2) is 0 Å². The van der Waals surface area contributed by atoms with Crippen LogP contribution < -0.4 is 4.90 Å². The van der Waals surface area contributed by atoms with E-state index in [9.17, 15) is 4.79 Å². The summed E-state index contributed by atoms with van der Waals surface area (Å²) >= 11 is 0. The van der Waals surface area contributed by atoms with E-state index in [1.807, 2.05) is 0 Å². The zero-order chi connectivity index (χ0) is 16.8. The van der Waals surface area contributed by atoms with Crippen molar-refractivity contribution in [1.82, 2.24) is 0 Å². The summed E-state index contributed by atoms with van der Waals surface area (Å²) in [5.41, 5.74) is 3.82. The second kappa shape index (κ2) is 5.44. The van der Waals surface area contributed by atoms with Crippen LogP contribution in [0.4, 0.5) is 5.69 Å². The number of furan rings is 1. The van der Waals surface area contributed by atoms with E-state index in [2.05, 4.69) is 50.8 Å². The van der Waals surface area contributed by atoms with Gasteiger partial charge in [-0.05, 0) is 56.9 Å². The molecule has 0 unspecified atom stereocenters. The maximum absolute atomic E-state index is 11.0. The highest BCUT2D eigenvalue weighted by atomic mass is 16.4. The first kappa shape index (κ1) is 15.7. The van der Waals surface area contributed by atoms with Crippen LogP contribution in [0.1, 0.15) is 60.6 Å². The number of nitrogens with zero attached hydrogens (tertiary/aromatic N) is 1. The van der Waals surface area contributed by atoms with Gasteiger partial charge >= 0.3 is 5.97 Å². The summed E-state index contributed by atoms with van der Waals surface area (Å²) in [7, 11) is 0. The van der Waals surface area contributed by atoms with Crippen LogP contribution in [0.25, 0.3) is 0 Å². The third-order valence-corrected chi connectivity index (χ3v) is 4.73. The molecule has 2 aromatic rings. The Balaban J connectivity index is 1.99. The van der Waals surface area contributed by atoms with Crippen LogP contribution in [0.3, 0.4) is 0 Å². The molecule has 0 saturated carbocycles. The van der Waals surface area contributed by atoms with Crippen LogP contribution in [-0.2, 0) is 6.54 Å². The van der Waals surface area contributed by atoms with E-state index in [4.69, 9.17) is 9.52 Å². The predicted octanol–water partition coefficient (Wildman–Crippen LogP) is 4.58. The fourth-order valence-corrected chi connectivity index (χ4v) is 3.64. The van der Waals surface area contributed by atoms with Gasteiger partial charge in [-0.25, -0.2) is 4.79 Å². The highest BCUT2D eigenvalue weighted by Gasteiger charge is 2.36. The predicted molar refractivity (Wildman–Crippen MR) is 90.1 cm³/mol. The molecule has 0 spiro atoms. The van der Waals surface area contributed by atoms with E-state index >= 15 is 0 Å². The third kappa shape index (κ3) is 2.85. The Hall–Kier alpha value is -2.23. The average Bonchev–Trinajstić information content (AvgIpc) is 2.92. The largest absolute Gasteiger partial charge is 0.475 e. The summed E-state index contributed by atoms with van der Waals surface area (Å²) in [6.45, 7) is 9.42. The number of carboxylic acids is 1. The van der Waals surface area contributed by atoms with Crippen molar-refractivity contribution in [3.05, 3.63) is 53.0 Å². The Morgan fingerprint density at radius 3 is 2.74 bits per heavy atom. The molecule has 1 aliphatic heterocycles.